The highest BCUT2D eigenvalue weighted by molar-refractivity contribution is 7.92. The van der Waals surface area contributed by atoms with Crippen LogP contribution in [0.25, 0.3) is 0 Å². The number of amides is 2. The largest absolute Gasteiger partial charge is 0.497 e. The summed E-state index contributed by atoms with van der Waals surface area (Å²) >= 11 is 0. The highest BCUT2D eigenvalue weighted by Gasteiger charge is 2.33. The van der Waals surface area contributed by atoms with Crippen LogP contribution in [0, 0.1) is 5.82 Å². The Balaban J connectivity index is 2.07. The number of anilines is 1. The number of rotatable bonds is 14. The zero-order chi connectivity index (χ0) is 31.7. The molecule has 0 saturated heterocycles. The molecule has 1 N–H and O–H groups in total. The number of hydrogen-bond acceptors (Lipinski definition) is 7. The smallest absolute Gasteiger partial charge is 0.264 e. The molecular weight excluding hydrogens is 577 g/mol. The summed E-state index contributed by atoms with van der Waals surface area (Å²) in [4.78, 5) is 28.4. The van der Waals surface area contributed by atoms with Crippen LogP contribution in [-0.2, 0) is 26.2 Å². The molecule has 0 aromatic heterocycles. The summed E-state index contributed by atoms with van der Waals surface area (Å²) in [5.74, 6) is -0.566. The van der Waals surface area contributed by atoms with Gasteiger partial charge < -0.3 is 24.4 Å². The predicted octanol–water partition coefficient (Wildman–Crippen LogP) is 4.38. The van der Waals surface area contributed by atoms with Crippen molar-refractivity contribution in [1.82, 2.24) is 10.2 Å². The summed E-state index contributed by atoms with van der Waals surface area (Å²) in [6.45, 7) is 4.69. The Hall–Kier alpha value is -4.32. The average Bonchev–Trinajstić information content (AvgIpc) is 3.01. The molecule has 3 rings (SSSR count). The van der Waals surface area contributed by atoms with E-state index in [4.69, 9.17) is 14.2 Å². The maximum atomic E-state index is 14.0. The quantitative estimate of drug-likeness (QED) is 0.286. The first-order valence-corrected chi connectivity index (χ1v) is 15.1. The summed E-state index contributed by atoms with van der Waals surface area (Å²) in [6, 6.07) is 14.7. The Morgan fingerprint density at radius 3 is 2.19 bits per heavy atom. The van der Waals surface area contributed by atoms with E-state index in [-0.39, 0.29) is 34.8 Å². The van der Waals surface area contributed by atoms with Gasteiger partial charge in [-0.1, -0.05) is 19.1 Å². The van der Waals surface area contributed by atoms with E-state index in [0.29, 0.717) is 23.5 Å². The molecule has 12 heteroatoms. The van der Waals surface area contributed by atoms with Gasteiger partial charge in [0.1, 0.15) is 24.2 Å². The van der Waals surface area contributed by atoms with Crippen LogP contribution < -0.4 is 23.8 Å². The van der Waals surface area contributed by atoms with Gasteiger partial charge in [0.05, 0.1) is 31.9 Å². The molecule has 2 amide bonds. The van der Waals surface area contributed by atoms with E-state index in [1.807, 2.05) is 13.8 Å². The lowest BCUT2D eigenvalue weighted by Crippen LogP contribution is -2.52. The first kappa shape index (κ1) is 33.2. The molecule has 0 bridgehead atoms. The minimum atomic E-state index is -4.40. The van der Waals surface area contributed by atoms with Crippen LogP contribution in [0.15, 0.2) is 71.6 Å². The molecule has 43 heavy (non-hydrogen) atoms. The van der Waals surface area contributed by atoms with Crippen molar-refractivity contribution in [1.29, 1.82) is 0 Å². The van der Waals surface area contributed by atoms with Crippen molar-refractivity contribution < 1.29 is 36.6 Å². The van der Waals surface area contributed by atoms with E-state index < -0.39 is 34.3 Å². The molecule has 3 aromatic carbocycles. The predicted molar refractivity (Wildman–Crippen MR) is 161 cm³/mol. The van der Waals surface area contributed by atoms with E-state index in [2.05, 4.69) is 5.32 Å². The first-order chi connectivity index (χ1) is 20.4. The third-order valence-corrected chi connectivity index (χ3v) is 8.76. The van der Waals surface area contributed by atoms with Gasteiger partial charge in [-0.25, -0.2) is 12.8 Å². The highest BCUT2D eigenvalue weighted by atomic mass is 32.2. The Bertz CT molecular complexity index is 1520. The molecule has 10 nitrogen and oxygen atoms in total. The lowest BCUT2D eigenvalue weighted by molar-refractivity contribution is -0.139. The van der Waals surface area contributed by atoms with Gasteiger partial charge in [-0.2, -0.15) is 0 Å². The van der Waals surface area contributed by atoms with Crippen LogP contribution in [-0.4, -0.2) is 65.1 Å². The minimum Gasteiger partial charge on any atom is -0.497 e. The molecule has 0 saturated carbocycles. The lowest BCUT2D eigenvalue weighted by atomic mass is 10.1. The van der Waals surface area contributed by atoms with Crippen molar-refractivity contribution in [3.8, 4) is 17.2 Å². The summed E-state index contributed by atoms with van der Waals surface area (Å²) in [5, 5.41) is 2.89. The van der Waals surface area contributed by atoms with Crippen molar-refractivity contribution >= 4 is 27.5 Å². The molecule has 232 valence electrons. The molecular formula is C31H38FN3O7S. The van der Waals surface area contributed by atoms with Gasteiger partial charge in [0.2, 0.25) is 11.8 Å². The maximum Gasteiger partial charge on any atom is 0.264 e. The number of ether oxygens (including phenoxy) is 3. The van der Waals surface area contributed by atoms with Crippen LogP contribution in [0.1, 0.15) is 32.8 Å². The topological polar surface area (TPSA) is 114 Å². The Labute approximate surface area is 252 Å². The molecule has 3 aromatic rings. The van der Waals surface area contributed by atoms with Crippen LogP contribution in [0.2, 0.25) is 0 Å². The van der Waals surface area contributed by atoms with Gasteiger partial charge in [0, 0.05) is 18.7 Å². The monoisotopic (exact) mass is 615 g/mol. The molecule has 0 fully saturated rings. The second-order valence-electron chi connectivity index (χ2n) is 9.87. The lowest BCUT2D eigenvalue weighted by Gasteiger charge is -2.32. The molecule has 0 heterocycles. The molecule has 0 radical (unpaired) electrons. The number of hydrogen-bond donors (Lipinski definition) is 1. The summed E-state index contributed by atoms with van der Waals surface area (Å²) in [7, 11) is -0.0861. The van der Waals surface area contributed by atoms with Crippen molar-refractivity contribution in [2.75, 3.05) is 32.2 Å². The number of sulfonamides is 1. The van der Waals surface area contributed by atoms with Gasteiger partial charge in [-0.3, -0.25) is 13.9 Å². The number of benzene rings is 3. The number of carbonyl (C=O) groups excluding carboxylic acids is 2. The Morgan fingerprint density at radius 2 is 1.58 bits per heavy atom. The molecule has 0 aliphatic heterocycles. The Morgan fingerprint density at radius 1 is 0.907 bits per heavy atom. The molecule has 0 aliphatic carbocycles. The fraction of sp³-hybridized carbons (Fsp3) is 0.355. The number of carbonyl (C=O) groups is 2. The number of halogens is 1. The van der Waals surface area contributed by atoms with Crippen molar-refractivity contribution in [3.63, 3.8) is 0 Å². The fourth-order valence-electron chi connectivity index (χ4n) is 4.26. The SMILES string of the molecule is CC[C@@H](C)NC(=O)[C@H](C)N(Cc1cccc(OC)c1)C(=O)CN(c1ccc(F)cc1)S(=O)(=O)c1ccc(OC)c(OC)c1. The molecule has 0 unspecified atom stereocenters. The molecule has 0 spiro atoms. The van der Waals surface area contributed by atoms with Gasteiger partial charge in [-0.05, 0) is 74.4 Å². The molecule has 2 atom stereocenters. The van der Waals surface area contributed by atoms with Crippen LogP contribution >= 0.6 is 0 Å². The zero-order valence-electron chi connectivity index (χ0n) is 25.2. The number of methoxy groups -OCH3 is 3. The van der Waals surface area contributed by atoms with Crippen molar-refractivity contribution in [2.24, 2.45) is 0 Å². The van der Waals surface area contributed by atoms with E-state index in [9.17, 15) is 22.4 Å². The van der Waals surface area contributed by atoms with Gasteiger partial charge >= 0.3 is 0 Å². The van der Waals surface area contributed by atoms with E-state index in [1.165, 1.54) is 56.6 Å². The van der Waals surface area contributed by atoms with Gasteiger partial charge in [0.25, 0.3) is 10.0 Å². The molecule has 0 aliphatic rings. The average molecular weight is 616 g/mol. The van der Waals surface area contributed by atoms with E-state index in [0.717, 1.165) is 16.4 Å². The number of nitrogens with zero attached hydrogens (tertiary/aromatic N) is 2. The van der Waals surface area contributed by atoms with Crippen LogP contribution in [0.5, 0.6) is 17.2 Å². The normalized spacial score (nSPS) is 12.5. The van der Waals surface area contributed by atoms with E-state index in [1.54, 1.807) is 31.2 Å². The standard InChI is InChI=1S/C31H38FN3O7S/c1-7-21(2)33-31(37)22(3)34(19-23-9-8-10-26(17-23)40-4)30(36)20-35(25-13-11-24(32)12-14-25)43(38,39)27-15-16-28(41-5)29(18-27)42-6/h8-18,21-22H,7,19-20H2,1-6H3,(H,33,37)/t21-,22+/m1/s1. The summed E-state index contributed by atoms with van der Waals surface area (Å²) in [5.41, 5.74) is 0.731. The first-order valence-electron chi connectivity index (χ1n) is 13.7. The zero-order valence-corrected chi connectivity index (χ0v) is 26.0. The van der Waals surface area contributed by atoms with E-state index >= 15 is 0 Å². The summed E-state index contributed by atoms with van der Waals surface area (Å²) in [6.07, 6.45) is 0.685. The second kappa shape index (κ2) is 14.7. The van der Waals surface area contributed by atoms with Crippen LogP contribution in [0.3, 0.4) is 0 Å². The second-order valence-corrected chi connectivity index (χ2v) is 11.7. The van der Waals surface area contributed by atoms with Gasteiger partial charge in [-0.15, -0.1) is 0 Å². The Kier molecular flexibility index (Phi) is 11.4. The van der Waals surface area contributed by atoms with Crippen molar-refractivity contribution in [3.05, 3.63) is 78.1 Å². The number of nitrogens with one attached hydrogen (secondary N) is 1. The minimum absolute atomic E-state index is 0.00120. The maximum absolute atomic E-state index is 14.0. The highest BCUT2D eigenvalue weighted by Crippen LogP contribution is 2.32. The van der Waals surface area contributed by atoms with Gasteiger partial charge in [0.15, 0.2) is 11.5 Å². The fourth-order valence-corrected chi connectivity index (χ4v) is 5.69. The van der Waals surface area contributed by atoms with Crippen LogP contribution in [0.4, 0.5) is 10.1 Å². The third-order valence-electron chi connectivity index (χ3n) is 6.99. The third kappa shape index (κ3) is 8.16. The summed E-state index contributed by atoms with van der Waals surface area (Å²) < 4.78 is 58.6. The van der Waals surface area contributed by atoms with Crippen molar-refractivity contribution in [2.45, 2.75) is 50.7 Å².